The molecule has 3 rings (SSSR count). The molecule has 1 unspecified atom stereocenters. The molecule has 2 heterocycles. The standard InChI is InChI=1S/C22H27NO6/c1-25-21-9-3-6-17(22(21)26-2)12-23(14-19-7-4-10-28-19)13-18(24)15-27-16-20-8-5-11-29-20/h3-11,18,24H,12-16H2,1-2H3. The fourth-order valence-electron chi connectivity index (χ4n) is 3.17. The van der Waals surface area contributed by atoms with E-state index < -0.39 is 6.10 Å². The van der Waals surface area contributed by atoms with Crippen LogP contribution in [0, 0.1) is 0 Å². The van der Waals surface area contributed by atoms with Crippen LogP contribution in [0.15, 0.2) is 63.8 Å². The van der Waals surface area contributed by atoms with Crippen molar-refractivity contribution in [2.75, 3.05) is 27.4 Å². The van der Waals surface area contributed by atoms with Crippen molar-refractivity contribution in [2.45, 2.75) is 25.8 Å². The Morgan fingerprint density at radius 2 is 1.69 bits per heavy atom. The third kappa shape index (κ3) is 6.12. The molecular weight excluding hydrogens is 374 g/mol. The van der Waals surface area contributed by atoms with Crippen molar-refractivity contribution in [1.29, 1.82) is 0 Å². The van der Waals surface area contributed by atoms with Crippen LogP contribution in [-0.4, -0.2) is 43.5 Å². The second-order valence-corrected chi connectivity index (χ2v) is 6.65. The van der Waals surface area contributed by atoms with Gasteiger partial charge in [-0.25, -0.2) is 0 Å². The number of furan rings is 2. The lowest BCUT2D eigenvalue weighted by molar-refractivity contribution is 0.00152. The highest BCUT2D eigenvalue weighted by atomic mass is 16.5. The first-order valence-electron chi connectivity index (χ1n) is 9.42. The van der Waals surface area contributed by atoms with Crippen LogP contribution in [0.1, 0.15) is 17.1 Å². The molecule has 0 aliphatic rings. The molecule has 1 N–H and O–H groups in total. The van der Waals surface area contributed by atoms with Gasteiger partial charge in [-0.1, -0.05) is 12.1 Å². The third-order valence-corrected chi connectivity index (χ3v) is 4.44. The number of aliphatic hydroxyl groups excluding tert-OH is 1. The number of aliphatic hydroxyl groups is 1. The maximum absolute atomic E-state index is 10.5. The van der Waals surface area contributed by atoms with Crippen molar-refractivity contribution in [2.24, 2.45) is 0 Å². The number of hydrogen-bond donors (Lipinski definition) is 1. The summed E-state index contributed by atoms with van der Waals surface area (Å²) in [5.74, 6) is 2.90. The normalized spacial score (nSPS) is 12.3. The van der Waals surface area contributed by atoms with Gasteiger partial charge in [0.1, 0.15) is 18.1 Å². The van der Waals surface area contributed by atoms with E-state index in [4.69, 9.17) is 23.0 Å². The summed E-state index contributed by atoms with van der Waals surface area (Å²) < 4.78 is 27.2. The van der Waals surface area contributed by atoms with E-state index in [9.17, 15) is 5.11 Å². The molecule has 1 atom stereocenters. The zero-order valence-electron chi connectivity index (χ0n) is 16.7. The summed E-state index contributed by atoms with van der Waals surface area (Å²) in [6.45, 7) is 2.02. The minimum absolute atomic E-state index is 0.199. The van der Waals surface area contributed by atoms with E-state index in [-0.39, 0.29) is 6.61 Å². The highest BCUT2D eigenvalue weighted by Crippen LogP contribution is 2.31. The molecular formula is C22H27NO6. The van der Waals surface area contributed by atoms with Crippen LogP contribution in [-0.2, 0) is 24.4 Å². The van der Waals surface area contributed by atoms with E-state index in [1.54, 1.807) is 26.7 Å². The Morgan fingerprint density at radius 1 is 0.931 bits per heavy atom. The topological polar surface area (TPSA) is 77.4 Å². The molecule has 29 heavy (non-hydrogen) atoms. The fourth-order valence-corrected chi connectivity index (χ4v) is 3.17. The maximum Gasteiger partial charge on any atom is 0.165 e. The first-order valence-corrected chi connectivity index (χ1v) is 9.42. The molecule has 0 radical (unpaired) electrons. The van der Waals surface area contributed by atoms with Gasteiger partial charge in [-0.05, 0) is 30.3 Å². The van der Waals surface area contributed by atoms with Crippen molar-refractivity contribution in [3.05, 3.63) is 72.1 Å². The number of hydrogen-bond acceptors (Lipinski definition) is 7. The lowest BCUT2D eigenvalue weighted by Gasteiger charge is -2.25. The molecule has 0 fully saturated rings. The lowest BCUT2D eigenvalue weighted by Crippen LogP contribution is -2.34. The van der Waals surface area contributed by atoms with Crippen LogP contribution in [0.25, 0.3) is 0 Å². The van der Waals surface area contributed by atoms with Gasteiger partial charge in [0.15, 0.2) is 11.5 Å². The van der Waals surface area contributed by atoms with E-state index in [1.807, 2.05) is 42.5 Å². The van der Waals surface area contributed by atoms with E-state index >= 15 is 0 Å². The molecule has 0 aliphatic heterocycles. The van der Waals surface area contributed by atoms with E-state index in [1.165, 1.54) is 0 Å². The Balaban J connectivity index is 1.64. The summed E-state index contributed by atoms with van der Waals surface area (Å²) in [4.78, 5) is 2.08. The second-order valence-electron chi connectivity index (χ2n) is 6.65. The second kappa shape index (κ2) is 10.7. The van der Waals surface area contributed by atoms with Crippen LogP contribution < -0.4 is 9.47 Å². The van der Waals surface area contributed by atoms with Crippen LogP contribution >= 0.6 is 0 Å². The zero-order chi connectivity index (χ0) is 20.5. The monoisotopic (exact) mass is 401 g/mol. The molecule has 7 heteroatoms. The summed E-state index contributed by atoms with van der Waals surface area (Å²) in [5, 5.41) is 10.5. The fraction of sp³-hybridized carbons (Fsp3) is 0.364. The number of rotatable bonds is 12. The quantitative estimate of drug-likeness (QED) is 0.498. The highest BCUT2D eigenvalue weighted by molar-refractivity contribution is 5.46. The van der Waals surface area contributed by atoms with Gasteiger partial charge in [-0.2, -0.15) is 0 Å². The van der Waals surface area contributed by atoms with Crippen LogP contribution in [0.2, 0.25) is 0 Å². The van der Waals surface area contributed by atoms with Crippen LogP contribution in [0.5, 0.6) is 11.5 Å². The average Bonchev–Trinajstić information content (AvgIpc) is 3.42. The molecule has 0 saturated heterocycles. The number of methoxy groups -OCH3 is 2. The van der Waals surface area contributed by atoms with Gasteiger partial charge in [0.2, 0.25) is 0 Å². The summed E-state index contributed by atoms with van der Waals surface area (Å²) >= 11 is 0. The molecule has 0 aliphatic carbocycles. The zero-order valence-corrected chi connectivity index (χ0v) is 16.7. The van der Waals surface area contributed by atoms with Crippen LogP contribution in [0.4, 0.5) is 0 Å². The summed E-state index contributed by atoms with van der Waals surface area (Å²) in [5.41, 5.74) is 0.960. The first kappa shape index (κ1) is 21.0. The number of nitrogens with zero attached hydrogens (tertiary/aromatic N) is 1. The van der Waals surface area contributed by atoms with E-state index in [0.717, 1.165) is 17.1 Å². The van der Waals surface area contributed by atoms with Crippen molar-refractivity contribution < 1.29 is 28.2 Å². The Labute approximate surface area is 170 Å². The largest absolute Gasteiger partial charge is 0.493 e. The number of benzene rings is 1. The Hall–Kier alpha value is -2.74. The van der Waals surface area contributed by atoms with Crippen molar-refractivity contribution in [1.82, 2.24) is 4.90 Å². The molecule has 0 spiro atoms. The molecule has 2 aromatic heterocycles. The Kier molecular flexibility index (Phi) is 7.75. The van der Waals surface area contributed by atoms with Gasteiger partial charge in [0.05, 0.1) is 46.0 Å². The van der Waals surface area contributed by atoms with Gasteiger partial charge in [-0.3, -0.25) is 4.90 Å². The maximum atomic E-state index is 10.5. The van der Waals surface area contributed by atoms with Crippen molar-refractivity contribution in [3.63, 3.8) is 0 Å². The van der Waals surface area contributed by atoms with E-state index in [2.05, 4.69) is 4.90 Å². The summed E-state index contributed by atoms with van der Waals surface area (Å²) in [6.07, 6.45) is 2.57. The Bertz CT molecular complexity index is 831. The lowest BCUT2D eigenvalue weighted by atomic mass is 10.1. The summed E-state index contributed by atoms with van der Waals surface area (Å²) in [7, 11) is 3.23. The van der Waals surface area contributed by atoms with Crippen LogP contribution in [0.3, 0.4) is 0 Å². The molecule has 0 amide bonds. The van der Waals surface area contributed by atoms with Crippen molar-refractivity contribution in [3.8, 4) is 11.5 Å². The molecule has 3 aromatic rings. The predicted octanol–water partition coefficient (Wildman–Crippen LogP) is 3.47. The van der Waals surface area contributed by atoms with Gasteiger partial charge >= 0.3 is 0 Å². The molecule has 0 saturated carbocycles. The SMILES string of the molecule is COc1cccc(CN(Cc2ccco2)CC(O)COCc2ccco2)c1OC. The van der Waals surface area contributed by atoms with Gasteiger partial charge in [0, 0.05) is 18.7 Å². The van der Waals surface area contributed by atoms with E-state index in [0.29, 0.717) is 37.7 Å². The molecule has 0 bridgehead atoms. The van der Waals surface area contributed by atoms with Gasteiger partial charge in [-0.15, -0.1) is 0 Å². The first-order chi connectivity index (χ1) is 14.2. The van der Waals surface area contributed by atoms with Crippen molar-refractivity contribution >= 4 is 0 Å². The smallest absolute Gasteiger partial charge is 0.165 e. The minimum Gasteiger partial charge on any atom is -0.493 e. The summed E-state index contributed by atoms with van der Waals surface area (Å²) in [6, 6.07) is 13.2. The third-order valence-electron chi connectivity index (χ3n) is 4.44. The van der Waals surface area contributed by atoms with Gasteiger partial charge in [0.25, 0.3) is 0 Å². The average molecular weight is 401 g/mol. The minimum atomic E-state index is -0.670. The highest BCUT2D eigenvalue weighted by Gasteiger charge is 2.18. The van der Waals surface area contributed by atoms with Gasteiger partial charge < -0.3 is 28.2 Å². The predicted molar refractivity (Wildman–Crippen MR) is 107 cm³/mol. The Morgan fingerprint density at radius 3 is 2.34 bits per heavy atom. The molecule has 1 aromatic carbocycles. The molecule has 7 nitrogen and oxygen atoms in total. The number of para-hydroxylation sites is 1. The number of ether oxygens (including phenoxy) is 3. The molecule has 156 valence electrons.